The van der Waals surface area contributed by atoms with E-state index in [1.165, 1.54) is 11.3 Å². The van der Waals surface area contributed by atoms with Crippen LogP contribution in [0.5, 0.6) is 5.75 Å². The number of thiophene rings is 1. The molecule has 1 aromatic heterocycles. The van der Waals surface area contributed by atoms with Gasteiger partial charge < -0.3 is 15.8 Å². The first-order chi connectivity index (χ1) is 10.6. The first-order valence-corrected chi connectivity index (χ1v) is 7.88. The van der Waals surface area contributed by atoms with Crippen LogP contribution in [0.2, 0.25) is 0 Å². The van der Waals surface area contributed by atoms with Crippen LogP contribution >= 0.6 is 11.3 Å². The van der Waals surface area contributed by atoms with Gasteiger partial charge in [-0.25, -0.2) is 0 Å². The molecule has 1 aliphatic rings. The average molecular weight is 316 g/mol. The van der Waals surface area contributed by atoms with Crippen LogP contribution in [0, 0.1) is 0 Å². The van der Waals surface area contributed by atoms with Gasteiger partial charge in [0.2, 0.25) is 5.91 Å². The fourth-order valence-corrected chi connectivity index (χ4v) is 3.48. The highest BCUT2D eigenvalue weighted by atomic mass is 32.1. The van der Waals surface area contributed by atoms with Crippen LogP contribution in [0.25, 0.3) is 10.4 Å². The van der Waals surface area contributed by atoms with E-state index in [1.54, 1.807) is 0 Å². The first-order valence-electron chi connectivity index (χ1n) is 7.06. The number of nitrogens with one attached hydrogen (secondary N) is 1. The summed E-state index contributed by atoms with van der Waals surface area (Å²) in [6, 6.07) is 9.70. The molecule has 5 nitrogen and oxygen atoms in total. The van der Waals surface area contributed by atoms with Crippen molar-refractivity contribution in [2.75, 3.05) is 6.54 Å². The second-order valence-corrected chi connectivity index (χ2v) is 6.13. The summed E-state index contributed by atoms with van der Waals surface area (Å²) in [5, 5.41) is 2.81. The van der Waals surface area contributed by atoms with Crippen molar-refractivity contribution >= 4 is 23.2 Å². The molecule has 0 fully saturated rings. The number of carbonyl (C=O) groups is 2. The van der Waals surface area contributed by atoms with Crippen molar-refractivity contribution in [3.63, 3.8) is 0 Å². The molecule has 1 aromatic carbocycles. The van der Waals surface area contributed by atoms with Gasteiger partial charge in [0, 0.05) is 29.0 Å². The third-order valence-electron chi connectivity index (χ3n) is 3.43. The molecule has 6 heteroatoms. The Morgan fingerprint density at radius 1 is 1.32 bits per heavy atom. The summed E-state index contributed by atoms with van der Waals surface area (Å²) in [4.78, 5) is 24.6. The largest absolute Gasteiger partial charge is 0.488 e. The minimum Gasteiger partial charge on any atom is -0.488 e. The minimum absolute atomic E-state index is 0.124. The van der Waals surface area contributed by atoms with E-state index in [9.17, 15) is 9.59 Å². The van der Waals surface area contributed by atoms with Crippen molar-refractivity contribution < 1.29 is 14.3 Å². The lowest BCUT2D eigenvalue weighted by molar-refractivity contribution is -0.118. The number of carbonyl (C=O) groups excluding carboxylic acids is 2. The number of primary amides is 1. The highest BCUT2D eigenvalue weighted by Gasteiger charge is 2.22. The number of fused-ring (bicyclic) bond motifs is 3. The Hall–Kier alpha value is -2.34. The van der Waals surface area contributed by atoms with Gasteiger partial charge in [-0.05, 0) is 24.6 Å². The number of para-hydroxylation sites is 1. The molecule has 0 atom stereocenters. The summed E-state index contributed by atoms with van der Waals surface area (Å²) in [5.74, 6) is 0.376. The average Bonchev–Trinajstić information content (AvgIpc) is 2.96. The highest BCUT2D eigenvalue weighted by molar-refractivity contribution is 7.17. The van der Waals surface area contributed by atoms with Crippen LogP contribution in [0.3, 0.4) is 0 Å². The fraction of sp³-hybridized carbons (Fsp3) is 0.250. The zero-order valence-corrected chi connectivity index (χ0v) is 12.7. The Morgan fingerprint density at radius 2 is 2.14 bits per heavy atom. The SMILES string of the molecule is NC(=O)CCCNC(=O)c1cc2c(s1)-c1ccccc1OC2. The topological polar surface area (TPSA) is 81.4 Å². The van der Waals surface area contributed by atoms with Crippen LogP contribution in [-0.4, -0.2) is 18.4 Å². The summed E-state index contributed by atoms with van der Waals surface area (Å²) < 4.78 is 5.69. The lowest BCUT2D eigenvalue weighted by Gasteiger charge is -2.16. The van der Waals surface area contributed by atoms with Gasteiger partial charge >= 0.3 is 0 Å². The summed E-state index contributed by atoms with van der Waals surface area (Å²) >= 11 is 1.47. The van der Waals surface area contributed by atoms with E-state index >= 15 is 0 Å². The van der Waals surface area contributed by atoms with Crippen molar-refractivity contribution in [3.05, 3.63) is 40.8 Å². The van der Waals surface area contributed by atoms with E-state index in [1.807, 2.05) is 30.3 Å². The smallest absolute Gasteiger partial charge is 0.261 e. The maximum Gasteiger partial charge on any atom is 0.261 e. The molecule has 0 saturated carbocycles. The van der Waals surface area contributed by atoms with Crippen molar-refractivity contribution in [3.8, 4) is 16.2 Å². The predicted molar refractivity (Wildman–Crippen MR) is 84.8 cm³/mol. The quantitative estimate of drug-likeness (QED) is 0.831. The molecule has 2 amide bonds. The Bertz CT molecular complexity index is 724. The number of hydrogen-bond acceptors (Lipinski definition) is 4. The maximum atomic E-state index is 12.2. The van der Waals surface area contributed by atoms with Gasteiger partial charge in [0.15, 0.2) is 0 Å². The number of benzene rings is 1. The molecule has 0 saturated heterocycles. The van der Waals surface area contributed by atoms with E-state index in [0.29, 0.717) is 24.4 Å². The Kier molecular flexibility index (Phi) is 4.11. The van der Waals surface area contributed by atoms with Crippen molar-refractivity contribution in [2.24, 2.45) is 5.73 Å². The zero-order chi connectivity index (χ0) is 15.5. The molecule has 1 aliphatic heterocycles. The molecule has 2 aromatic rings. The number of rotatable bonds is 5. The molecule has 3 N–H and O–H groups in total. The second-order valence-electron chi connectivity index (χ2n) is 5.08. The fourth-order valence-electron chi connectivity index (χ4n) is 2.36. The third kappa shape index (κ3) is 2.96. The molecule has 0 unspecified atom stereocenters. The van der Waals surface area contributed by atoms with Crippen molar-refractivity contribution in [1.82, 2.24) is 5.32 Å². The van der Waals surface area contributed by atoms with E-state index in [2.05, 4.69) is 5.32 Å². The number of nitrogens with two attached hydrogens (primary N) is 1. The van der Waals surface area contributed by atoms with E-state index in [4.69, 9.17) is 10.5 Å². The maximum absolute atomic E-state index is 12.2. The summed E-state index contributed by atoms with van der Waals surface area (Å²) in [6.07, 6.45) is 0.834. The Labute approximate surface area is 132 Å². The van der Waals surface area contributed by atoms with Crippen LogP contribution in [0.4, 0.5) is 0 Å². The van der Waals surface area contributed by atoms with Gasteiger partial charge in [0.1, 0.15) is 12.4 Å². The third-order valence-corrected chi connectivity index (χ3v) is 4.64. The van der Waals surface area contributed by atoms with Crippen LogP contribution in [0.1, 0.15) is 28.1 Å². The minimum atomic E-state index is -0.352. The van der Waals surface area contributed by atoms with E-state index in [-0.39, 0.29) is 18.2 Å². The van der Waals surface area contributed by atoms with Gasteiger partial charge in [-0.1, -0.05) is 12.1 Å². The normalized spacial score (nSPS) is 12.0. The van der Waals surface area contributed by atoms with Crippen molar-refractivity contribution in [2.45, 2.75) is 19.4 Å². The summed E-state index contributed by atoms with van der Waals surface area (Å²) in [7, 11) is 0. The first kappa shape index (κ1) is 14.6. The molecule has 22 heavy (non-hydrogen) atoms. The van der Waals surface area contributed by atoms with Gasteiger partial charge in [-0.15, -0.1) is 11.3 Å². The lowest BCUT2D eigenvalue weighted by atomic mass is 10.1. The van der Waals surface area contributed by atoms with Gasteiger partial charge in [0.05, 0.1) is 4.88 Å². The Balaban J connectivity index is 1.71. The van der Waals surface area contributed by atoms with Crippen molar-refractivity contribution in [1.29, 1.82) is 0 Å². The monoisotopic (exact) mass is 316 g/mol. The van der Waals surface area contributed by atoms with Gasteiger partial charge in [0.25, 0.3) is 5.91 Å². The predicted octanol–water partition coefficient (Wildman–Crippen LogP) is 2.30. The molecular formula is C16H16N2O3S. The highest BCUT2D eigenvalue weighted by Crippen LogP contribution is 2.42. The molecular weight excluding hydrogens is 300 g/mol. The zero-order valence-electron chi connectivity index (χ0n) is 11.9. The summed E-state index contributed by atoms with van der Waals surface area (Å²) in [6.45, 7) is 0.926. The number of amides is 2. The molecule has 0 spiro atoms. The van der Waals surface area contributed by atoms with Gasteiger partial charge in [-0.3, -0.25) is 9.59 Å². The second kappa shape index (κ2) is 6.19. The summed E-state index contributed by atoms with van der Waals surface area (Å²) in [5.41, 5.74) is 7.13. The number of ether oxygens (including phenoxy) is 1. The van der Waals surface area contributed by atoms with Crippen LogP contribution in [-0.2, 0) is 11.4 Å². The molecule has 2 heterocycles. The van der Waals surface area contributed by atoms with Gasteiger partial charge in [-0.2, -0.15) is 0 Å². The lowest BCUT2D eigenvalue weighted by Crippen LogP contribution is -2.24. The van der Waals surface area contributed by atoms with E-state index in [0.717, 1.165) is 21.8 Å². The Morgan fingerprint density at radius 3 is 2.95 bits per heavy atom. The van der Waals surface area contributed by atoms with Crippen LogP contribution in [0.15, 0.2) is 30.3 Å². The molecule has 0 bridgehead atoms. The standard InChI is InChI=1S/C16H16N2O3S/c17-14(19)6-3-7-18-16(20)13-8-10-9-21-12-5-2-1-4-11(12)15(10)22-13/h1-2,4-5,8H,3,6-7,9H2,(H2,17,19)(H,18,20). The molecule has 0 aliphatic carbocycles. The molecule has 0 radical (unpaired) electrons. The van der Waals surface area contributed by atoms with Crippen LogP contribution < -0.4 is 15.8 Å². The van der Waals surface area contributed by atoms with E-state index < -0.39 is 0 Å². The molecule has 3 rings (SSSR count). The number of hydrogen-bond donors (Lipinski definition) is 2. The molecule has 114 valence electrons.